The molecular formula is C33H61NO5S. The van der Waals surface area contributed by atoms with Crippen LogP contribution in [0.25, 0.3) is 0 Å². The standard InChI is InChI=1S/C33H61NO5S/c1-3-5-7-9-11-13-14-15-16-17-18-19-21-22-24-26-28-32(35)31(30-40(37,38)39)34-33(36)29-27-25-23-20-12-10-8-6-4-2/h15-16,19,21,26,28,31-32,35H,3-14,17-18,20,22-25,27,29-30H2,1-2H3,(H,34,36)(H,37,38,39)/b16-15+,21-19+,28-26+. The van der Waals surface area contributed by atoms with Gasteiger partial charge in [-0.15, -0.1) is 0 Å². The van der Waals surface area contributed by atoms with Crippen molar-refractivity contribution in [1.82, 2.24) is 5.32 Å². The van der Waals surface area contributed by atoms with E-state index in [9.17, 15) is 22.9 Å². The molecule has 2 atom stereocenters. The number of allylic oxidation sites excluding steroid dienone is 5. The van der Waals surface area contributed by atoms with Crippen molar-refractivity contribution in [1.29, 1.82) is 0 Å². The molecule has 0 spiro atoms. The van der Waals surface area contributed by atoms with Crippen LogP contribution in [0.5, 0.6) is 0 Å². The minimum absolute atomic E-state index is 0.285. The molecule has 0 aromatic carbocycles. The number of aliphatic hydroxyl groups is 1. The van der Waals surface area contributed by atoms with Gasteiger partial charge >= 0.3 is 0 Å². The van der Waals surface area contributed by atoms with Gasteiger partial charge in [-0.05, 0) is 44.9 Å². The molecule has 0 fully saturated rings. The third-order valence-electron chi connectivity index (χ3n) is 7.05. The minimum Gasteiger partial charge on any atom is -0.387 e. The van der Waals surface area contributed by atoms with E-state index in [2.05, 4.69) is 43.5 Å². The fourth-order valence-electron chi connectivity index (χ4n) is 4.60. The zero-order chi connectivity index (χ0) is 29.7. The molecule has 0 aromatic heterocycles. The Kier molecular flexibility index (Phi) is 26.7. The molecule has 2 unspecified atom stereocenters. The van der Waals surface area contributed by atoms with Crippen LogP contribution in [-0.4, -0.2) is 41.9 Å². The maximum atomic E-state index is 12.3. The van der Waals surface area contributed by atoms with Gasteiger partial charge in [0.05, 0.1) is 17.9 Å². The molecule has 0 saturated heterocycles. The Balaban J connectivity index is 4.15. The first-order valence-corrected chi connectivity index (χ1v) is 17.8. The largest absolute Gasteiger partial charge is 0.387 e. The Morgan fingerprint density at radius 3 is 1.57 bits per heavy atom. The molecule has 0 bridgehead atoms. The van der Waals surface area contributed by atoms with Crippen molar-refractivity contribution < 1.29 is 22.9 Å². The zero-order valence-electron chi connectivity index (χ0n) is 25.7. The molecule has 0 aliphatic rings. The Morgan fingerprint density at radius 1 is 0.650 bits per heavy atom. The molecule has 6 nitrogen and oxygen atoms in total. The molecule has 0 heterocycles. The SMILES string of the molecule is CCCCCCCC/C=C/CC/C=C/CC/C=C/C(O)C(CS(=O)(=O)O)NC(=O)CCCCCCCCCCC. The quantitative estimate of drug-likeness (QED) is 0.0486. The van der Waals surface area contributed by atoms with Crippen LogP contribution in [0.2, 0.25) is 0 Å². The van der Waals surface area contributed by atoms with Crippen molar-refractivity contribution in [3.63, 3.8) is 0 Å². The Morgan fingerprint density at radius 2 is 1.07 bits per heavy atom. The first kappa shape index (κ1) is 38.6. The molecule has 0 aromatic rings. The highest BCUT2D eigenvalue weighted by molar-refractivity contribution is 7.85. The number of hydrogen-bond acceptors (Lipinski definition) is 4. The van der Waals surface area contributed by atoms with Gasteiger partial charge in [0.15, 0.2) is 0 Å². The van der Waals surface area contributed by atoms with Gasteiger partial charge in [-0.3, -0.25) is 9.35 Å². The molecular weight excluding hydrogens is 522 g/mol. The number of aliphatic hydroxyl groups excluding tert-OH is 1. The van der Waals surface area contributed by atoms with Crippen LogP contribution in [0.1, 0.15) is 149 Å². The molecule has 0 rings (SSSR count). The van der Waals surface area contributed by atoms with Gasteiger partial charge in [-0.2, -0.15) is 8.42 Å². The number of amides is 1. The first-order valence-electron chi connectivity index (χ1n) is 16.2. The van der Waals surface area contributed by atoms with Gasteiger partial charge in [0.25, 0.3) is 10.1 Å². The van der Waals surface area contributed by atoms with E-state index in [-0.39, 0.29) is 12.3 Å². The molecule has 0 radical (unpaired) electrons. The van der Waals surface area contributed by atoms with Crippen LogP contribution in [0, 0.1) is 0 Å². The van der Waals surface area contributed by atoms with Crippen molar-refractivity contribution in [3.8, 4) is 0 Å². The van der Waals surface area contributed by atoms with Gasteiger partial charge in [0.2, 0.25) is 5.91 Å². The highest BCUT2D eigenvalue weighted by atomic mass is 32.2. The van der Waals surface area contributed by atoms with E-state index in [1.807, 2.05) is 0 Å². The van der Waals surface area contributed by atoms with Crippen molar-refractivity contribution >= 4 is 16.0 Å². The van der Waals surface area contributed by atoms with Crippen LogP contribution in [0.4, 0.5) is 0 Å². The summed E-state index contributed by atoms with van der Waals surface area (Å²) in [5, 5.41) is 13.1. The zero-order valence-corrected chi connectivity index (χ0v) is 26.5. The fraction of sp³-hybridized carbons (Fsp3) is 0.788. The van der Waals surface area contributed by atoms with Gasteiger partial charge < -0.3 is 10.4 Å². The highest BCUT2D eigenvalue weighted by Gasteiger charge is 2.24. The summed E-state index contributed by atoms with van der Waals surface area (Å²) in [6.45, 7) is 4.45. The summed E-state index contributed by atoms with van der Waals surface area (Å²) in [5.41, 5.74) is 0. The van der Waals surface area contributed by atoms with E-state index in [1.54, 1.807) is 6.08 Å². The van der Waals surface area contributed by atoms with Crippen molar-refractivity contribution in [2.24, 2.45) is 0 Å². The second-order valence-corrected chi connectivity index (χ2v) is 12.6. The van der Waals surface area contributed by atoms with Crippen LogP contribution in [-0.2, 0) is 14.9 Å². The third-order valence-corrected chi connectivity index (χ3v) is 7.83. The summed E-state index contributed by atoms with van der Waals surface area (Å²) in [7, 11) is -4.34. The van der Waals surface area contributed by atoms with Gasteiger partial charge in [0, 0.05) is 6.42 Å². The Hall–Kier alpha value is -1.44. The molecule has 3 N–H and O–H groups in total. The van der Waals surface area contributed by atoms with E-state index < -0.39 is 28.0 Å². The lowest BCUT2D eigenvalue weighted by molar-refractivity contribution is -0.122. The van der Waals surface area contributed by atoms with Gasteiger partial charge in [-0.25, -0.2) is 0 Å². The third kappa shape index (κ3) is 28.1. The van der Waals surface area contributed by atoms with E-state index in [1.165, 1.54) is 89.5 Å². The van der Waals surface area contributed by atoms with Crippen LogP contribution < -0.4 is 5.32 Å². The molecule has 234 valence electrons. The second kappa shape index (κ2) is 27.7. The average molecular weight is 584 g/mol. The lowest BCUT2D eigenvalue weighted by Gasteiger charge is -2.21. The number of carbonyl (C=O) groups excluding carboxylic acids is 1. The van der Waals surface area contributed by atoms with Gasteiger partial charge in [0.1, 0.15) is 0 Å². The summed E-state index contributed by atoms with van der Waals surface area (Å²) >= 11 is 0. The smallest absolute Gasteiger partial charge is 0.267 e. The van der Waals surface area contributed by atoms with E-state index in [0.29, 0.717) is 6.42 Å². The molecule has 40 heavy (non-hydrogen) atoms. The number of carbonyl (C=O) groups is 1. The first-order chi connectivity index (χ1) is 19.3. The molecule has 1 amide bonds. The Labute approximate surface area is 246 Å². The van der Waals surface area contributed by atoms with Crippen LogP contribution >= 0.6 is 0 Å². The lowest BCUT2D eigenvalue weighted by Crippen LogP contribution is -2.46. The highest BCUT2D eigenvalue weighted by Crippen LogP contribution is 2.11. The van der Waals surface area contributed by atoms with Crippen molar-refractivity contribution in [2.45, 2.75) is 161 Å². The van der Waals surface area contributed by atoms with Crippen LogP contribution in [0.3, 0.4) is 0 Å². The molecule has 0 aliphatic heterocycles. The topological polar surface area (TPSA) is 104 Å². The minimum atomic E-state index is -4.34. The summed E-state index contributed by atoms with van der Waals surface area (Å²) in [6, 6.07) is -1.07. The molecule has 7 heteroatoms. The summed E-state index contributed by atoms with van der Waals surface area (Å²) in [5.74, 6) is -1.01. The maximum absolute atomic E-state index is 12.3. The lowest BCUT2D eigenvalue weighted by atomic mass is 10.1. The number of unbranched alkanes of at least 4 members (excludes halogenated alkanes) is 16. The summed E-state index contributed by atoms with van der Waals surface area (Å²) in [6.07, 6.45) is 34.2. The van der Waals surface area contributed by atoms with Crippen molar-refractivity contribution in [3.05, 3.63) is 36.5 Å². The average Bonchev–Trinajstić information content (AvgIpc) is 2.90. The van der Waals surface area contributed by atoms with E-state index in [0.717, 1.165) is 38.5 Å². The summed E-state index contributed by atoms with van der Waals surface area (Å²) in [4.78, 5) is 12.3. The predicted octanol–water partition coefficient (Wildman–Crippen LogP) is 8.62. The Bertz CT molecular complexity index is 776. The number of hydrogen-bond donors (Lipinski definition) is 3. The second-order valence-electron chi connectivity index (χ2n) is 11.1. The number of nitrogens with one attached hydrogen (secondary N) is 1. The monoisotopic (exact) mass is 583 g/mol. The summed E-state index contributed by atoms with van der Waals surface area (Å²) < 4.78 is 32.2. The molecule has 0 aliphatic carbocycles. The predicted molar refractivity (Wildman–Crippen MR) is 170 cm³/mol. The molecule has 0 saturated carbocycles. The van der Waals surface area contributed by atoms with E-state index >= 15 is 0 Å². The number of rotatable bonds is 28. The fourth-order valence-corrected chi connectivity index (χ4v) is 5.33. The normalized spacial score (nSPS) is 14.0. The van der Waals surface area contributed by atoms with Crippen LogP contribution in [0.15, 0.2) is 36.5 Å². The van der Waals surface area contributed by atoms with Gasteiger partial charge in [-0.1, -0.05) is 134 Å². The maximum Gasteiger partial charge on any atom is 0.267 e. The van der Waals surface area contributed by atoms with Crippen molar-refractivity contribution in [2.75, 3.05) is 5.75 Å². The van der Waals surface area contributed by atoms with E-state index in [4.69, 9.17) is 0 Å².